The summed E-state index contributed by atoms with van der Waals surface area (Å²) in [5, 5.41) is 24.2. The number of β-amino-alcohol motifs (C(OH)–C–C–N with tert-alkyl or cyclic N) is 1. The molecule has 0 aromatic carbocycles. The van der Waals surface area contributed by atoms with Gasteiger partial charge in [-0.3, -0.25) is 15.4 Å². The van der Waals surface area contributed by atoms with Gasteiger partial charge in [-0.1, -0.05) is 28.8 Å². The van der Waals surface area contributed by atoms with Gasteiger partial charge in [-0.25, -0.2) is 0 Å². The van der Waals surface area contributed by atoms with Crippen molar-refractivity contribution in [2.45, 2.75) is 93.1 Å². The maximum Gasteiger partial charge on any atom is 0.223 e. The van der Waals surface area contributed by atoms with Gasteiger partial charge in [-0.05, 0) is 69.9 Å². The van der Waals surface area contributed by atoms with Gasteiger partial charge in [0, 0.05) is 43.0 Å². The molecular weight excluding hydrogens is 538 g/mol. The minimum Gasteiger partial charge on any atom is -0.390 e. The number of amides is 1. The average Bonchev–Trinajstić information content (AvgIpc) is 3.62. The number of carbonyl (C=O) groups is 1. The number of halogens is 1. The number of fused-ring (bicyclic) bond motifs is 1. The summed E-state index contributed by atoms with van der Waals surface area (Å²) in [4.78, 5) is 15.6. The number of nitrogens with zero attached hydrogens (tertiary/aromatic N) is 1. The first-order valence-electron chi connectivity index (χ1n) is 14.8. The zero-order chi connectivity index (χ0) is 25.6. The Kier molecular flexibility index (Phi) is 10.5. The Hall–Kier alpha value is -0.330. The molecule has 2 aliphatic carbocycles. The second kappa shape index (κ2) is 13.8. The Labute approximate surface area is 230 Å². The Morgan fingerprint density at radius 1 is 1.19 bits per heavy atom. The fraction of sp³-hybridized carbons (Fsp3) is 0.963. The highest BCUT2D eigenvalue weighted by molar-refractivity contribution is 9.09. The predicted molar refractivity (Wildman–Crippen MR) is 146 cm³/mol. The van der Waals surface area contributed by atoms with Gasteiger partial charge in [0.2, 0.25) is 5.91 Å². The van der Waals surface area contributed by atoms with Crippen LogP contribution in [0.25, 0.3) is 0 Å². The summed E-state index contributed by atoms with van der Waals surface area (Å²) >= 11 is 3.98. The molecule has 5 N–H and O–H groups in total. The van der Waals surface area contributed by atoms with Crippen LogP contribution in [0.15, 0.2) is 0 Å². The SMILES string of the molecule is O=C(NC[C@H](O)CN1CCC2C(CCC(OCC3CNCO3)C2Br)C1)C1CCNC(NC2CCCC2)C1. The molecule has 0 spiro atoms. The normalized spacial score (nSPS) is 38.4. The van der Waals surface area contributed by atoms with E-state index in [4.69, 9.17) is 9.47 Å². The highest BCUT2D eigenvalue weighted by Crippen LogP contribution is 2.41. The van der Waals surface area contributed by atoms with Gasteiger partial charge in [0.1, 0.15) is 0 Å². The molecule has 5 aliphatic rings. The molecule has 3 saturated heterocycles. The molecule has 0 aromatic heterocycles. The third-order valence-corrected chi connectivity index (χ3v) is 10.6. The molecule has 7 unspecified atom stereocenters. The van der Waals surface area contributed by atoms with Gasteiger partial charge in [0.25, 0.3) is 0 Å². The Morgan fingerprint density at radius 3 is 2.86 bits per heavy atom. The Bertz CT molecular complexity index is 723. The van der Waals surface area contributed by atoms with Crippen LogP contribution in [0, 0.1) is 17.8 Å². The molecule has 37 heavy (non-hydrogen) atoms. The summed E-state index contributed by atoms with van der Waals surface area (Å²) in [6.07, 6.45) is 10.3. The third-order valence-electron chi connectivity index (χ3n) is 9.30. The topological polar surface area (TPSA) is 107 Å². The second-order valence-electron chi connectivity index (χ2n) is 12.0. The van der Waals surface area contributed by atoms with Crippen molar-refractivity contribution in [1.82, 2.24) is 26.2 Å². The number of ether oxygens (including phenoxy) is 2. The van der Waals surface area contributed by atoms with Gasteiger partial charge in [0.15, 0.2) is 0 Å². The predicted octanol–water partition coefficient (Wildman–Crippen LogP) is 1.15. The first-order valence-corrected chi connectivity index (χ1v) is 15.7. The fourth-order valence-electron chi connectivity index (χ4n) is 7.18. The molecule has 0 aromatic rings. The van der Waals surface area contributed by atoms with Crippen LogP contribution in [0.4, 0.5) is 0 Å². The van der Waals surface area contributed by atoms with Crippen molar-refractivity contribution in [1.29, 1.82) is 0 Å². The summed E-state index contributed by atoms with van der Waals surface area (Å²) < 4.78 is 11.9. The van der Waals surface area contributed by atoms with Crippen molar-refractivity contribution in [3.05, 3.63) is 0 Å². The number of alkyl halides is 1. The van der Waals surface area contributed by atoms with E-state index in [1.807, 2.05) is 0 Å². The molecule has 212 valence electrons. The summed E-state index contributed by atoms with van der Waals surface area (Å²) in [7, 11) is 0. The van der Waals surface area contributed by atoms with E-state index >= 15 is 0 Å². The van der Waals surface area contributed by atoms with Crippen molar-refractivity contribution in [3.63, 3.8) is 0 Å². The quantitative estimate of drug-likeness (QED) is 0.243. The van der Waals surface area contributed by atoms with E-state index in [0.717, 1.165) is 58.3 Å². The molecule has 2 saturated carbocycles. The van der Waals surface area contributed by atoms with E-state index in [-0.39, 0.29) is 30.2 Å². The monoisotopic (exact) mass is 585 g/mol. The molecule has 5 fully saturated rings. The Balaban J connectivity index is 0.989. The second-order valence-corrected chi connectivity index (χ2v) is 13.1. The van der Waals surface area contributed by atoms with Crippen molar-refractivity contribution >= 4 is 21.8 Å². The lowest BCUT2D eigenvalue weighted by Gasteiger charge is -2.46. The molecule has 0 bridgehead atoms. The van der Waals surface area contributed by atoms with Crippen molar-refractivity contribution in [3.8, 4) is 0 Å². The molecular formula is C27H48BrN5O4. The van der Waals surface area contributed by atoms with Gasteiger partial charge in [0.05, 0.1) is 37.8 Å². The van der Waals surface area contributed by atoms with Gasteiger partial charge >= 0.3 is 0 Å². The van der Waals surface area contributed by atoms with Gasteiger partial charge in [-0.2, -0.15) is 0 Å². The molecule has 5 rings (SSSR count). The van der Waals surface area contributed by atoms with E-state index < -0.39 is 6.10 Å². The molecule has 10 heteroatoms. The van der Waals surface area contributed by atoms with Crippen LogP contribution >= 0.6 is 15.9 Å². The smallest absolute Gasteiger partial charge is 0.223 e. The van der Waals surface area contributed by atoms with Crippen molar-refractivity contribution < 1.29 is 19.4 Å². The lowest BCUT2D eigenvalue weighted by atomic mass is 9.73. The van der Waals surface area contributed by atoms with E-state index in [1.165, 1.54) is 25.7 Å². The number of aliphatic hydroxyl groups is 1. The number of aliphatic hydroxyl groups excluding tert-OH is 1. The number of hydrogen-bond acceptors (Lipinski definition) is 8. The van der Waals surface area contributed by atoms with Crippen molar-refractivity contribution in [2.75, 3.05) is 52.6 Å². The van der Waals surface area contributed by atoms with E-state index in [2.05, 4.69) is 42.1 Å². The molecule has 0 radical (unpaired) electrons. The fourth-order valence-corrected chi connectivity index (χ4v) is 8.30. The minimum atomic E-state index is -0.533. The van der Waals surface area contributed by atoms with E-state index in [1.54, 1.807) is 0 Å². The largest absolute Gasteiger partial charge is 0.390 e. The number of rotatable bonds is 10. The molecule has 3 aliphatic heterocycles. The van der Waals surface area contributed by atoms with Crippen LogP contribution < -0.4 is 21.3 Å². The first kappa shape index (κ1) is 28.2. The lowest BCUT2D eigenvalue weighted by molar-refractivity contribution is -0.126. The standard InChI is InChI=1S/C27H48BrN5O4/c28-26-23-8-10-33(14-19(23)5-6-24(26)36-16-22-13-29-17-37-22)15-21(34)12-31-27(35)18-7-9-30-25(11-18)32-20-3-1-2-4-20/h18-26,29-30,32,34H,1-17H2,(H,31,35)/t18?,19?,21-,22?,23?,24?,25?,26?/m0/s1. The minimum absolute atomic E-state index is 0.0212. The van der Waals surface area contributed by atoms with Crippen molar-refractivity contribution in [2.24, 2.45) is 17.8 Å². The zero-order valence-corrected chi connectivity index (χ0v) is 23.8. The zero-order valence-electron chi connectivity index (χ0n) is 22.2. The van der Waals surface area contributed by atoms with Crippen LogP contribution in [0.5, 0.6) is 0 Å². The summed E-state index contributed by atoms with van der Waals surface area (Å²) in [5.74, 6) is 1.35. The Morgan fingerprint density at radius 2 is 2.05 bits per heavy atom. The number of hydrogen-bond donors (Lipinski definition) is 5. The van der Waals surface area contributed by atoms with E-state index in [9.17, 15) is 9.90 Å². The molecule has 3 heterocycles. The number of piperidine rings is 2. The van der Waals surface area contributed by atoms with Crippen LogP contribution in [0.3, 0.4) is 0 Å². The first-order chi connectivity index (χ1) is 18.0. The van der Waals surface area contributed by atoms with Crippen LogP contribution in [0.1, 0.15) is 57.8 Å². The summed E-state index contributed by atoms with van der Waals surface area (Å²) in [6.45, 7) is 6.00. The molecule has 8 atom stereocenters. The molecule has 9 nitrogen and oxygen atoms in total. The van der Waals surface area contributed by atoms with Crippen LogP contribution in [-0.4, -0.2) is 104 Å². The number of carbonyl (C=O) groups excluding carboxylic acids is 1. The number of nitrogens with one attached hydrogen (secondary N) is 4. The molecule has 1 amide bonds. The summed E-state index contributed by atoms with van der Waals surface area (Å²) in [6, 6.07) is 0.594. The van der Waals surface area contributed by atoms with Crippen LogP contribution in [0.2, 0.25) is 0 Å². The van der Waals surface area contributed by atoms with E-state index in [0.29, 0.717) is 49.1 Å². The van der Waals surface area contributed by atoms with Gasteiger partial charge in [-0.15, -0.1) is 0 Å². The number of likely N-dealkylation sites (tertiary alicyclic amines) is 1. The maximum absolute atomic E-state index is 12.8. The maximum atomic E-state index is 12.8. The van der Waals surface area contributed by atoms with Gasteiger partial charge < -0.3 is 30.1 Å². The lowest BCUT2D eigenvalue weighted by Crippen LogP contribution is -2.54. The third kappa shape index (κ3) is 7.87. The highest BCUT2D eigenvalue weighted by atomic mass is 79.9. The summed E-state index contributed by atoms with van der Waals surface area (Å²) in [5.41, 5.74) is 0. The highest BCUT2D eigenvalue weighted by Gasteiger charge is 2.42. The average molecular weight is 587 g/mol. The van der Waals surface area contributed by atoms with Crippen LogP contribution in [-0.2, 0) is 14.3 Å².